The Morgan fingerprint density at radius 3 is 2.47 bits per heavy atom. The van der Waals surface area contributed by atoms with Crippen LogP contribution in [0.25, 0.3) is 20.8 Å². The van der Waals surface area contributed by atoms with Crippen molar-refractivity contribution in [3.63, 3.8) is 0 Å². The maximum Gasteiger partial charge on any atom is 0.265 e. The summed E-state index contributed by atoms with van der Waals surface area (Å²) in [5, 5.41) is 8.53. The number of hydrogen-bond acceptors (Lipinski definition) is 5. The molecule has 0 spiro atoms. The average molecular weight is 456 g/mol. The van der Waals surface area contributed by atoms with Gasteiger partial charge in [0, 0.05) is 16.8 Å². The van der Waals surface area contributed by atoms with Gasteiger partial charge in [0.2, 0.25) is 0 Å². The fourth-order valence-corrected chi connectivity index (χ4v) is 4.92. The first-order valence-electron chi connectivity index (χ1n) is 9.88. The quantitative estimate of drug-likeness (QED) is 0.316. The van der Waals surface area contributed by atoms with E-state index >= 15 is 0 Å². The van der Waals surface area contributed by atoms with Gasteiger partial charge in [-0.25, -0.2) is 4.98 Å². The maximum absolute atomic E-state index is 13.0. The highest BCUT2D eigenvalue weighted by Crippen LogP contribution is 2.34. The number of carbonyl (C=O) groups excluding carboxylic acids is 2. The first-order valence-corrected chi connectivity index (χ1v) is 11.6. The lowest BCUT2D eigenvalue weighted by Crippen LogP contribution is -2.14. The summed E-state index contributed by atoms with van der Waals surface area (Å²) in [5.41, 5.74) is 3.50. The summed E-state index contributed by atoms with van der Waals surface area (Å²) < 4.78 is 1.10. The van der Waals surface area contributed by atoms with Crippen molar-refractivity contribution in [2.45, 2.75) is 0 Å². The zero-order chi connectivity index (χ0) is 21.9. The summed E-state index contributed by atoms with van der Waals surface area (Å²) in [6, 6.07) is 26.1. The molecule has 32 heavy (non-hydrogen) atoms. The molecule has 2 heterocycles. The molecular formula is C25H17N3O2S2. The molecule has 5 nitrogen and oxygen atoms in total. The number of carbonyl (C=O) groups is 2. The van der Waals surface area contributed by atoms with E-state index in [9.17, 15) is 9.59 Å². The van der Waals surface area contributed by atoms with Crippen LogP contribution in [0.1, 0.15) is 20.0 Å². The van der Waals surface area contributed by atoms with E-state index in [0.717, 1.165) is 20.8 Å². The third kappa shape index (κ3) is 4.16. The van der Waals surface area contributed by atoms with Crippen LogP contribution >= 0.6 is 22.7 Å². The molecule has 156 valence electrons. The Balaban J connectivity index is 1.38. The van der Waals surface area contributed by atoms with Gasteiger partial charge in [0.1, 0.15) is 5.01 Å². The van der Waals surface area contributed by atoms with Crippen LogP contribution in [0.2, 0.25) is 0 Å². The molecular weight excluding hydrogens is 438 g/mol. The van der Waals surface area contributed by atoms with Crippen LogP contribution in [-0.4, -0.2) is 16.8 Å². The van der Waals surface area contributed by atoms with Crippen molar-refractivity contribution in [2.75, 3.05) is 10.6 Å². The molecule has 3 aromatic carbocycles. The van der Waals surface area contributed by atoms with Crippen molar-refractivity contribution in [1.29, 1.82) is 0 Å². The van der Waals surface area contributed by atoms with E-state index in [1.165, 1.54) is 11.3 Å². The summed E-state index contributed by atoms with van der Waals surface area (Å²) in [7, 11) is 0. The van der Waals surface area contributed by atoms with Crippen LogP contribution in [0, 0.1) is 0 Å². The molecule has 2 aromatic heterocycles. The highest BCUT2D eigenvalue weighted by molar-refractivity contribution is 7.21. The van der Waals surface area contributed by atoms with E-state index in [1.54, 1.807) is 41.7 Å². The number of thiazole rings is 1. The van der Waals surface area contributed by atoms with Crippen LogP contribution in [0.5, 0.6) is 0 Å². The number of amides is 2. The van der Waals surface area contributed by atoms with Gasteiger partial charge < -0.3 is 10.6 Å². The van der Waals surface area contributed by atoms with Crippen molar-refractivity contribution >= 4 is 56.1 Å². The van der Waals surface area contributed by atoms with E-state index in [1.807, 2.05) is 60.0 Å². The second kappa shape index (κ2) is 8.74. The molecule has 2 amide bonds. The average Bonchev–Trinajstić information content (AvgIpc) is 3.50. The van der Waals surface area contributed by atoms with Crippen LogP contribution in [-0.2, 0) is 0 Å². The Labute approximate surface area is 192 Å². The first kappa shape index (κ1) is 20.1. The predicted octanol–water partition coefficient (Wildman–Crippen LogP) is 6.53. The summed E-state index contributed by atoms with van der Waals surface area (Å²) in [6.45, 7) is 0. The molecule has 0 fully saturated rings. The monoisotopic (exact) mass is 455 g/mol. The van der Waals surface area contributed by atoms with Gasteiger partial charge in [-0.15, -0.1) is 22.7 Å². The summed E-state index contributed by atoms with van der Waals surface area (Å²) in [6.07, 6.45) is 0. The normalized spacial score (nSPS) is 10.8. The molecule has 0 aliphatic rings. The lowest BCUT2D eigenvalue weighted by molar-refractivity contribution is 0.101. The zero-order valence-electron chi connectivity index (χ0n) is 16.7. The minimum atomic E-state index is -0.259. The van der Waals surface area contributed by atoms with Crippen molar-refractivity contribution in [3.05, 3.63) is 101 Å². The Kier molecular flexibility index (Phi) is 5.49. The fraction of sp³-hybridized carbons (Fsp3) is 0. The molecule has 0 saturated carbocycles. The van der Waals surface area contributed by atoms with Crippen LogP contribution in [0.3, 0.4) is 0 Å². The molecule has 0 aliphatic carbocycles. The number of hydrogen-bond donors (Lipinski definition) is 2. The van der Waals surface area contributed by atoms with Crippen LogP contribution < -0.4 is 10.6 Å². The van der Waals surface area contributed by atoms with E-state index in [4.69, 9.17) is 4.98 Å². The Morgan fingerprint density at radius 2 is 1.62 bits per heavy atom. The molecule has 5 rings (SSSR count). The number of anilines is 2. The Morgan fingerprint density at radius 1 is 0.781 bits per heavy atom. The van der Waals surface area contributed by atoms with Crippen molar-refractivity contribution in [3.8, 4) is 10.6 Å². The lowest BCUT2D eigenvalue weighted by atomic mass is 10.1. The lowest BCUT2D eigenvalue weighted by Gasteiger charge is -2.10. The van der Waals surface area contributed by atoms with Gasteiger partial charge in [-0.1, -0.05) is 36.4 Å². The number of nitrogens with one attached hydrogen (secondary N) is 2. The first-order chi connectivity index (χ1) is 15.7. The standard InChI is InChI=1S/C25H17N3O2S2/c29-23(16-7-5-8-17(15-16)26-24(30)22-13-6-14-31-22)27-19-10-2-1-9-18(19)25-28-20-11-3-4-12-21(20)32-25/h1-15H,(H,26,30)(H,27,29). The number of benzene rings is 3. The fourth-order valence-electron chi connectivity index (χ4n) is 3.30. The number of para-hydroxylation sites is 2. The third-order valence-corrected chi connectivity index (χ3v) is 6.77. The van der Waals surface area contributed by atoms with Gasteiger partial charge in [0.15, 0.2) is 0 Å². The molecule has 0 saturated heterocycles. The Hall–Kier alpha value is -3.81. The zero-order valence-corrected chi connectivity index (χ0v) is 18.4. The smallest absolute Gasteiger partial charge is 0.265 e. The van der Waals surface area contributed by atoms with Gasteiger partial charge in [0.25, 0.3) is 11.8 Å². The molecule has 0 radical (unpaired) electrons. The molecule has 0 bridgehead atoms. The number of nitrogens with zero attached hydrogens (tertiary/aromatic N) is 1. The molecule has 0 unspecified atom stereocenters. The van der Waals surface area contributed by atoms with Gasteiger partial charge >= 0.3 is 0 Å². The number of aromatic nitrogens is 1. The largest absolute Gasteiger partial charge is 0.321 e. The maximum atomic E-state index is 13.0. The number of thiophene rings is 1. The van der Waals surface area contributed by atoms with E-state index in [0.29, 0.717) is 21.8 Å². The second-order valence-electron chi connectivity index (χ2n) is 7.00. The van der Waals surface area contributed by atoms with Gasteiger partial charge in [-0.2, -0.15) is 0 Å². The molecule has 0 aliphatic heterocycles. The molecule has 7 heteroatoms. The summed E-state index contributed by atoms with van der Waals surface area (Å²) in [5.74, 6) is -0.454. The van der Waals surface area contributed by atoms with Gasteiger partial charge in [-0.05, 0) is 53.9 Å². The molecule has 5 aromatic rings. The number of rotatable bonds is 5. The van der Waals surface area contributed by atoms with Crippen molar-refractivity contribution in [2.24, 2.45) is 0 Å². The second-order valence-corrected chi connectivity index (χ2v) is 8.98. The summed E-state index contributed by atoms with van der Waals surface area (Å²) in [4.78, 5) is 30.6. The van der Waals surface area contributed by atoms with Crippen LogP contribution in [0.15, 0.2) is 90.3 Å². The van der Waals surface area contributed by atoms with Crippen LogP contribution in [0.4, 0.5) is 11.4 Å². The van der Waals surface area contributed by atoms with Crippen molar-refractivity contribution < 1.29 is 9.59 Å². The van der Waals surface area contributed by atoms with Crippen molar-refractivity contribution in [1.82, 2.24) is 4.98 Å². The number of fused-ring (bicyclic) bond motifs is 1. The molecule has 0 atom stereocenters. The minimum absolute atomic E-state index is 0.196. The molecule has 2 N–H and O–H groups in total. The highest BCUT2D eigenvalue weighted by Gasteiger charge is 2.14. The SMILES string of the molecule is O=C(Nc1ccccc1-c1nc2ccccc2s1)c1cccc(NC(=O)c2cccs2)c1. The van der Waals surface area contributed by atoms with E-state index < -0.39 is 0 Å². The topological polar surface area (TPSA) is 71.1 Å². The van der Waals surface area contributed by atoms with E-state index in [2.05, 4.69) is 10.6 Å². The third-order valence-electron chi connectivity index (χ3n) is 4.83. The highest BCUT2D eigenvalue weighted by atomic mass is 32.1. The van der Waals surface area contributed by atoms with Gasteiger partial charge in [0.05, 0.1) is 20.8 Å². The Bertz CT molecular complexity index is 1390. The van der Waals surface area contributed by atoms with E-state index in [-0.39, 0.29) is 11.8 Å². The minimum Gasteiger partial charge on any atom is -0.321 e. The predicted molar refractivity (Wildman–Crippen MR) is 132 cm³/mol. The van der Waals surface area contributed by atoms with Gasteiger partial charge in [-0.3, -0.25) is 9.59 Å². The summed E-state index contributed by atoms with van der Waals surface area (Å²) >= 11 is 2.95.